The number of para-hydroxylation sites is 1. The van der Waals surface area contributed by atoms with Gasteiger partial charge in [0.15, 0.2) is 0 Å². The van der Waals surface area contributed by atoms with Gasteiger partial charge in [-0.1, -0.05) is 48.5 Å². The first-order valence-corrected chi connectivity index (χ1v) is 9.99. The Morgan fingerprint density at radius 1 is 1.00 bits per heavy atom. The van der Waals surface area contributed by atoms with Gasteiger partial charge in [0, 0.05) is 35.8 Å². The molecule has 0 radical (unpaired) electrons. The minimum atomic E-state index is -0.205. The largest absolute Gasteiger partial charge is 0.356 e. The van der Waals surface area contributed by atoms with Crippen LogP contribution in [0.4, 0.5) is 0 Å². The third-order valence-electron chi connectivity index (χ3n) is 5.18. The highest BCUT2D eigenvalue weighted by Gasteiger charge is 2.13. The Morgan fingerprint density at radius 2 is 1.79 bits per heavy atom. The van der Waals surface area contributed by atoms with Crippen molar-refractivity contribution in [2.24, 2.45) is 0 Å². The molecule has 0 fully saturated rings. The number of H-pyrrole nitrogens is 1. The molecule has 0 aliphatic rings. The first-order chi connectivity index (χ1) is 14.2. The third-order valence-corrected chi connectivity index (χ3v) is 5.18. The van der Waals surface area contributed by atoms with Gasteiger partial charge in [-0.05, 0) is 30.9 Å². The number of benzene rings is 2. The molecular weight excluding hydrogens is 364 g/mol. The molecule has 2 N–H and O–H groups in total. The summed E-state index contributed by atoms with van der Waals surface area (Å²) in [4.78, 5) is 24.5. The van der Waals surface area contributed by atoms with E-state index in [0.717, 1.165) is 29.1 Å². The van der Waals surface area contributed by atoms with Crippen LogP contribution in [0.3, 0.4) is 0 Å². The van der Waals surface area contributed by atoms with Gasteiger partial charge < -0.3 is 9.88 Å². The van der Waals surface area contributed by atoms with Crippen LogP contribution in [0.5, 0.6) is 0 Å². The molecule has 2 aromatic heterocycles. The van der Waals surface area contributed by atoms with Gasteiger partial charge in [-0.2, -0.15) is 5.10 Å². The second-order valence-corrected chi connectivity index (χ2v) is 7.17. The standard InChI is InChI=1S/C23H24N4O2/c28-21(24-14-6-10-17-8-2-1-3-9-17)13-7-15-27-20-12-5-4-11-18(20)19-16-25-26-23(29)22(19)27/h1-5,8-9,11-12,16H,6-7,10,13-15H2,(H,24,28)(H,26,29). The number of aromatic amines is 1. The highest BCUT2D eigenvalue weighted by Crippen LogP contribution is 2.26. The van der Waals surface area contributed by atoms with Crippen molar-refractivity contribution in [2.75, 3.05) is 6.54 Å². The fourth-order valence-corrected chi connectivity index (χ4v) is 3.80. The van der Waals surface area contributed by atoms with Crippen molar-refractivity contribution in [3.8, 4) is 0 Å². The summed E-state index contributed by atoms with van der Waals surface area (Å²) in [5.41, 5.74) is 2.69. The van der Waals surface area contributed by atoms with Gasteiger partial charge in [0.2, 0.25) is 5.91 Å². The Kier molecular flexibility index (Phi) is 5.70. The summed E-state index contributed by atoms with van der Waals surface area (Å²) in [5.74, 6) is 0.0504. The summed E-state index contributed by atoms with van der Waals surface area (Å²) in [7, 11) is 0. The van der Waals surface area contributed by atoms with Crippen molar-refractivity contribution in [3.63, 3.8) is 0 Å². The fraction of sp³-hybridized carbons (Fsp3) is 0.261. The second-order valence-electron chi connectivity index (χ2n) is 7.17. The smallest absolute Gasteiger partial charge is 0.288 e. The van der Waals surface area contributed by atoms with Crippen LogP contribution < -0.4 is 10.9 Å². The van der Waals surface area contributed by atoms with Crippen molar-refractivity contribution >= 4 is 27.7 Å². The van der Waals surface area contributed by atoms with Crippen LogP contribution in [0.25, 0.3) is 21.8 Å². The number of hydrogen-bond acceptors (Lipinski definition) is 3. The van der Waals surface area contributed by atoms with E-state index in [1.54, 1.807) is 6.20 Å². The molecule has 0 atom stereocenters. The van der Waals surface area contributed by atoms with E-state index in [1.165, 1.54) is 5.56 Å². The van der Waals surface area contributed by atoms with Gasteiger partial charge in [0.1, 0.15) is 5.52 Å². The normalized spacial score (nSPS) is 11.2. The van der Waals surface area contributed by atoms with Gasteiger partial charge in [0.25, 0.3) is 5.56 Å². The molecule has 0 spiro atoms. The lowest BCUT2D eigenvalue weighted by molar-refractivity contribution is -0.121. The number of nitrogens with one attached hydrogen (secondary N) is 2. The van der Waals surface area contributed by atoms with Crippen molar-refractivity contribution in [2.45, 2.75) is 32.2 Å². The Balaban J connectivity index is 1.34. The van der Waals surface area contributed by atoms with Crippen LogP contribution >= 0.6 is 0 Å². The predicted octanol–water partition coefficient (Wildman–Crippen LogP) is 3.41. The number of carbonyl (C=O) groups excluding carboxylic acids is 1. The molecule has 6 nitrogen and oxygen atoms in total. The number of nitrogens with zero attached hydrogens (tertiary/aromatic N) is 2. The van der Waals surface area contributed by atoms with E-state index >= 15 is 0 Å². The molecule has 0 unspecified atom stereocenters. The van der Waals surface area contributed by atoms with Crippen LogP contribution in [0.15, 0.2) is 65.6 Å². The molecule has 4 rings (SSSR count). The average molecular weight is 388 g/mol. The highest BCUT2D eigenvalue weighted by molar-refractivity contribution is 6.07. The van der Waals surface area contributed by atoms with E-state index < -0.39 is 0 Å². The Labute approximate surface area is 168 Å². The van der Waals surface area contributed by atoms with Gasteiger partial charge in [-0.15, -0.1) is 0 Å². The number of amides is 1. The van der Waals surface area contributed by atoms with Gasteiger partial charge in [0.05, 0.1) is 6.20 Å². The van der Waals surface area contributed by atoms with Gasteiger partial charge in [-0.25, -0.2) is 5.10 Å². The Hall–Kier alpha value is -3.41. The monoisotopic (exact) mass is 388 g/mol. The van der Waals surface area contributed by atoms with Crippen LogP contribution in [-0.2, 0) is 17.8 Å². The summed E-state index contributed by atoms with van der Waals surface area (Å²) in [5, 5.41) is 11.3. The van der Waals surface area contributed by atoms with E-state index in [2.05, 4.69) is 27.6 Å². The maximum absolute atomic E-state index is 12.3. The second kappa shape index (κ2) is 8.73. The number of hydrogen-bond donors (Lipinski definition) is 2. The Bertz CT molecular complexity index is 1180. The van der Waals surface area contributed by atoms with Crippen LogP contribution in [0, 0.1) is 0 Å². The molecule has 6 heteroatoms. The maximum atomic E-state index is 12.3. The van der Waals surface area contributed by atoms with Crippen LogP contribution in [0.1, 0.15) is 24.8 Å². The summed E-state index contributed by atoms with van der Waals surface area (Å²) < 4.78 is 1.99. The van der Waals surface area contributed by atoms with E-state index in [1.807, 2.05) is 47.0 Å². The fourth-order valence-electron chi connectivity index (χ4n) is 3.80. The van der Waals surface area contributed by atoms with E-state index in [0.29, 0.717) is 31.4 Å². The van der Waals surface area contributed by atoms with E-state index in [4.69, 9.17) is 0 Å². The molecule has 4 aromatic rings. The van der Waals surface area contributed by atoms with Crippen LogP contribution in [-0.4, -0.2) is 27.2 Å². The summed E-state index contributed by atoms with van der Waals surface area (Å²) in [6.07, 6.45) is 4.67. The van der Waals surface area contributed by atoms with Crippen molar-refractivity contribution in [3.05, 3.63) is 76.7 Å². The number of carbonyl (C=O) groups is 1. The molecule has 29 heavy (non-hydrogen) atoms. The number of rotatable bonds is 8. The van der Waals surface area contributed by atoms with E-state index in [9.17, 15) is 9.59 Å². The lowest BCUT2D eigenvalue weighted by Crippen LogP contribution is -2.24. The number of fused-ring (bicyclic) bond motifs is 3. The minimum absolute atomic E-state index is 0.0504. The highest BCUT2D eigenvalue weighted by atomic mass is 16.1. The number of aryl methyl sites for hydroxylation is 2. The molecule has 148 valence electrons. The predicted molar refractivity (Wildman–Crippen MR) is 115 cm³/mol. The van der Waals surface area contributed by atoms with Crippen molar-refractivity contribution in [1.29, 1.82) is 0 Å². The van der Waals surface area contributed by atoms with Crippen molar-refractivity contribution in [1.82, 2.24) is 20.1 Å². The van der Waals surface area contributed by atoms with Gasteiger partial charge >= 0.3 is 0 Å². The number of aromatic nitrogens is 3. The quantitative estimate of drug-likeness (QED) is 0.454. The molecule has 0 aliphatic carbocycles. The molecule has 2 heterocycles. The molecule has 2 aromatic carbocycles. The van der Waals surface area contributed by atoms with E-state index in [-0.39, 0.29) is 11.5 Å². The molecule has 0 aliphatic heterocycles. The Morgan fingerprint density at radius 3 is 2.66 bits per heavy atom. The first-order valence-electron chi connectivity index (χ1n) is 9.99. The summed E-state index contributed by atoms with van der Waals surface area (Å²) in [6.45, 7) is 1.28. The van der Waals surface area contributed by atoms with Crippen LogP contribution in [0.2, 0.25) is 0 Å². The molecule has 0 saturated heterocycles. The lowest BCUT2D eigenvalue weighted by atomic mass is 10.1. The average Bonchev–Trinajstić information content (AvgIpc) is 3.07. The molecule has 0 saturated carbocycles. The summed E-state index contributed by atoms with van der Waals surface area (Å²) in [6, 6.07) is 18.2. The maximum Gasteiger partial charge on any atom is 0.288 e. The first kappa shape index (κ1) is 18.9. The van der Waals surface area contributed by atoms with Crippen molar-refractivity contribution < 1.29 is 4.79 Å². The zero-order valence-electron chi connectivity index (χ0n) is 16.2. The molecule has 0 bridgehead atoms. The molecule has 1 amide bonds. The SMILES string of the molecule is O=C(CCCn1c2ccccc2c2cn[nH]c(=O)c21)NCCCc1ccccc1. The lowest BCUT2D eigenvalue weighted by Gasteiger charge is -2.08. The minimum Gasteiger partial charge on any atom is -0.356 e. The topological polar surface area (TPSA) is 79.8 Å². The third kappa shape index (κ3) is 4.21. The zero-order chi connectivity index (χ0) is 20.1. The summed E-state index contributed by atoms with van der Waals surface area (Å²) >= 11 is 0. The molecular formula is C23H24N4O2. The zero-order valence-corrected chi connectivity index (χ0v) is 16.2. The van der Waals surface area contributed by atoms with Gasteiger partial charge in [-0.3, -0.25) is 9.59 Å².